The van der Waals surface area contributed by atoms with Crippen molar-refractivity contribution in [3.63, 3.8) is 0 Å². The van der Waals surface area contributed by atoms with E-state index in [4.69, 9.17) is 10.5 Å². The largest absolute Gasteiger partial charge is 0.385 e. The summed E-state index contributed by atoms with van der Waals surface area (Å²) in [6.07, 6.45) is 2.76. The fraction of sp³-hybridized carbons (Fsp3) is 0.526. The molecular weight excluding hydrogens is 348 g/mol. The first kappa shape index (κ1) is 22.4. The van der Waals surface area contributed by atoms with Crippen molar-refractivity contribution in [3.8, 4) is 0 Å². The monoisotopic (exact) mass is 378 g/mol. The maximum Gasteiger partial charge on any atom is 0.251 e. The van der Waals surface area contributed by atoms with E-state index < -0.39 is 11.9 Å². The quantitative estimate of drug-likeness (QED) is 0.382. The molecule has 1 aromatic carbocycles. The molecule has 27 heavy (non-hydrogen) atoms. The number of hydrogen-bond donors (Lipinski definition) is 4. The zero-order valence-corrected chi connectivity index (χ0v) is 16.0. The Morgan fingerprint density at radius 1 is 1.11 bits per heavy atom. The van der Waals surface area contributed by atoms with Gasteiger partial charge in [0, 0.05) is 31.5 Å². The molecule has 0 heterocycles. The third kappa shape index (κ3) is 9.05. The number of unbranched alkanes of at least 4 members (excludes halogenated alkanes) is 1. The van der Waals surface area contributed by atoms with Crippen LogP contribution in [0.5, 0.6) is 0 Å². The van der Waals surface area contributed by atoms with Gasteiger partial charge in [-0.1, -0.05) is 6.92 Å². The van der Waals surface area contributed by atoms with Gasteiger partial charge in [0.15, 0.2) is 0 Å². The molecule has 0 aliphatic heterocycles. The Morgan fingerprint density at radius 3 is 2.41 bits per heavy atom. The van der Waals surface area contributed by atoms with E-state index in [9.17, 15) is 14.4 Å². The third-order valence-electron chi connectivity index (χ3n) is 3.89. The number of amides is 3. The van der Waals surface area contributed by atoms with Crippen LogP contribution in [0.15, 0.2) is 24.3 Å². The molecule has 0 fully saturated rings. The van der Waals surface area contributed by atoms with Crippen LogP contribution < -0.4 is 21.7 Å². The standard InChI is InChI=1S/C19H30N4O4/c1-3-11-21-15-9-7-14(8-10-15)19(26)22-12-5-4-6-16(18(20)25)23-17(24)13-27-2/h7-10,16,21H,3-6,11-13H2,1-2H3,(H2,20,25)(H,22,26)(H,23,24)/t16-/m0/s1. The Morgan fingerprint density at radius 2 is 1.81 bits per heavy atom. The molecule has 0 radical (unpaired) electrons. The minimum atomic E-state index is -0.730. The predicted molar refractivity (Wildman–Crippen MR) is 104 cm³/mol. The second-order valence-electron chi connectivity index (χ2n) is 6.21. The number of carbonyl (C=O) groups is 3. The summed E-state index contributed by atoms with van der Waals surface area (Å²) in [7, 11) is 1.40. The normalized spacial score (nSPS) is 11.5. The van der Waals surface area contributed by atoms with E-state index >= 15 is 0 Å². The fourth-order valence-corrected chi connectivity index (χ4v) is 2.44. The van der Waals surface area contributed by atoms with E-state index in [1.54, 1.807) is 12.1 Å². The van der Waals surface area contributed by atoms with Crippen LogP contribution in [0.1, 0.15) is 43.0 Å². The molecule has 1 atom stereocenters. The highest BCUT2D eigenvalue weighted by atomic mass is 16.5. The lowest BCUT2D eigenvalue weighted by molar-refractivity contribution is -0.129. The number of carbonyl (C=O) groups excluding carboxylic acids is 3. The number of ether oxygens (including phenoxy) is 1. The van der Waals surface area contributed by atoms with E-state index in [1.165, 1.54) is 7.11 Å². The molecule has 0 unspecified atom stereocenters. The van der Waals surface area contributed by atoms with Gasteiger partial charge in [0.25, 0.3) is 5.91 Å². The molecule has 0 saturated heterocycles. The molecule has 3 amide bonds. The minimum Gasteiger partial charge on any atom is -0.385 e. The summed E-state index contributed by atoms with van der Waals surface area (Å²) < 4.78 is 4.71. The maximum atomic E-state index is 12.1. The van der Waals surface area contributed by atoms with Gasteiger partial charge < -0.3 is 26.4 Å². The third-order valence-corrected chi connectivity index (χ3v) is 3.89. The van der Waals surface area contributed by atoms with Gasteiger partial charge in [0.2, 0.25) is 11.8 Å². The van der Waals surface area contributed by atoms with Crippen LogP contribution in [0, 0.1) is 0 Å². The average molecular weight is 378 g/mol. The highest BCUT2D eigenvalue weighted by Gasteiger charge is 2.17. The minimum absolute atomic E-state index is 0.118. The molecule has 0 bridgehead atoms. The summed E-state index contributed by atoms with van der Waals surface area (Å²) in [4.78, 5) is 35.0. The van der Waals surface area contributed by atoms with Gasteiger partial charge in [0.1, 0.15) is 12.6 Å². The molecular formula is C19H30N4O4. The Hall–Kier alpha value is -2.61. The van der Waals surface area contributed by atoms with Gasteiger partial charge in [-0.3, -0.25) is 14.4 Å². The summed E-state index contributed by atoms with van der Waals surface area (Å²) in [5.74, 6) is -1.11. The smallest absolute Gasteiger partial charge is 0.251 e. The first-order chi connectivity index (χ1) is 13.0. The van der Waals surface area contributed by atoms with Gasteiger partial charge in [0.05, 0.1) is 0 Å². The van der Waals surface area contributed by atoms with Gasteiger partial charge in [-0.15, -0.1) is 0 Å². The fourth-order valence-electron chi connectivity index (χ4n) is 2.44. The van der Waals surface area contributed by atoms with E-state index in [0.717, 1.165) is 18.7 Å². The number of nitrogens with one attached hydrogen (secondary N) is 3. The van der Waals surface area contributed by atoms with Crippen molar-refractivity contribution >= 4 is 23.4 Å². The SMILES string of the molecule is CCCNc1ccc(C(=O)NCCCC[C@H](NC(=O)COC)C(N)=O)cc1. The second-order valence-corrected chi connectivity index (χ2v) is 6.21. The lowest BCUT2D eigenvalue weighted by atomic mass is 10.1. The second kappa shape index (κ2) is 12.7. The topological polar surface area (TPSA) is 123 Å². The number of primary amides is 1. The van der Waals surface area contributed by atoms with Crippen LogP contribution in [0.2, 0.25) is 0 Å². The van der Waals surface area contributed by atoms with Crippen molar-refractivity contribution in [2.75, 3.05) is 32.1 Å². The summed E-state index contributed by atoms with van der Waals surface area (Å²) in [6.45, 7) is 3.34. The van der Waals surface area contributed by atoms with Crippen molar-refractivity contribution in [2.45, 2.75) is 38.6 Å². The molecule has 0 spiro atoms. The number of rotatable bonds is 13. The molecule has 0 aliphatic carbocycles. The highest BCUT2D eigenvalue weighted by Crippen LogP contribution is 2.09. The molecule has 1 rings (SSSR count). The average Bonchev–Trinajstić information content (AvgIpc) is 2.65. The zero-order valence-electron chi connectivity index (χ0n) is 16.0. The number of nitrogens with two attached hydrogens (primary N) is 1. The van der Waals surface area contributed by atoms with E-state index in [0.29, 0.717) is 31.4 Å². The Labute approximate surface area is 160 Å². The van der Waals surface area contributed by atoms with E-state index in [1.807, 2.05) is 12.1 Å². The van der Waals surface area contributed by atoms with Crippen LogP contribution >= 0.6 is 0 Å². The van der Waals surface area contributed by atoms with Gasteiger partial charge in [-0.05, 0) is 49.9 Å². The van der Waals surface area contributed by atoms with Crippen molar-refractivity contribution in [1.82, 2.24) is 10.6 Å². The van der Waals surface area contributed by atoms with Crippen LogP contribution in [0.4, 0.5) is 5.69 Å². The molecule has 8 nitrogen and oxygen atoms in total. The molecule has 0 saturated carbocycles. The van der Waals surface area contributed by atoms with E-state index in [-0.39, 0.29) is 18.4 Å². The van der Waals surface area contributed by atoms with Gasteiger partial charge in [-0.2, -0.15) is 0 Å². The molecule has 5 N–H and O–H groups in total. The predicted octanol–water partition coefficient (Wildman–Crippen LogP) is 1.03. The molecule has 150 valence electrons. The number of anilines is 1. The molecule has 0 aromatic heterocycles. The lowest BCUT2D eigenvalue weighted by Crippen LogP contribution is -2.45. The van der Waals surface area contributed by atoms with Crippen molar-refractivity contribution < 1.29 is 19.1 Å². The first-order valence-corrected chi connectivity index (χ1v) is 9.17. The molecule has 1 aromatic rings. The summed E-state index contributed by atoms with van der Waals surface area (Å²) in [5.41, 5.74) is 6.88. The molecule has 0 aliphatic rings. The van der Waals surface area contributed by atoms with Gasteiger partial charge >= 0.3 is 0 Å². The Balaban J connectivity index is 2.30. The van der Waals surface area contributed by atoms with Crippen molar-refractivity contribution in [2.24, 2.45) is 5.73 Å². The van der Waals surface area contributed by atoms with Crippen LogP contribution in [-0.2, 0) is 14.3 Å². The van der Waals surface area contributed by atoms with E-state index in [2.05, 4.69) is 22.9 Å². The van der Waals surface area contributed by atoms with Crippen LogP contribution in [-0.4, -0.2) is 50.6 Å². The number of methoxy groups -OCH3 is 1. The molecule has 8 heteroatoms. The number of benzene rings is 1. The van der Waals surface area contributed by atoms with Gasteiger partial charge in [-0.25, -0.2) is 0 Å². The number of hydrogen-bond acceptors (Lipinski definition) is 5. The van der Waals surface area contributed by atoms with Crippen molar-refractivity contribution in [1.29, 1.82) is 0 Å². The zero-order chi connectivity index (χ0) is 20.1. The van der Waals surface area contributed by atoms with Crippen LogP contribution in [0.3, 0.4) is 0 Å². The maximum absolute atomic E-state index is 12.1. The van der Waals surface area contributed by atoms with Crippen molar-refractivity contribution in [3.05, 3.63) is 29.8 Å². The lowest BCUT2D eigenvalue weighted by Gasteiger charge is -2.15. The Kier molecular flexibility index (Phi) is 10.5. The Bertz CT molecular complexity index is 604. The summed E-state index contributed by atoms with van der Waals surface area (Å²) >= 11 is 0. The first-order valence-electron chi connectivity index (χ1n) is 9.17. The summed E-state index contributed by atoms with van der Waals surface area (Å²) in [5, 5.41) is 8.63. The highest BCUT2D eigenvalue weighted by molar-refractivity contribution is 5.94. The summed E-state index contributed by atoms with van der Waals surface area (Å²) in [6, 6.07) is 6.59. The van der Waals surface area contributed by atoms with Crippen LogP contribution in [0.25, 0.3) is 0 Å².